The van der Waals surface area contributed by atoms with Crippen LogP contribution in [0.4, 0.5) is 0 Å². The molecule has 0 spiro atoms. The normalized spacial score (nSPS) is 20.3. The molecular weight excluding hydrogens is 324 g/mol. The Morgan fingerprint density at radius 3 is 3.00 bits per heavy atom. The minimum Gasteiger partial charge on any atom is -0.477 e. The maximum atomic E-state index is 13.1. The number of aromatic nitrogens is 3. The topological polar surface area (TPSA) is 102 Å². The van der Waals surface area contributed by atoms with E-state index in [9.17, 15) is 9.90 Å². The van der Waals surface area contributed by atoms with E-state index in [0.29, 0.717) is 42.1 Å². The number of rotatable bonds is 5. The number of pyridine rings is 1. The lowest BCUT2D eigenvalue weighted by Gasteiger charge is -2.22. The molecule has 2 aromatic rings. The molecule has 2 atom stereocenters. The lowest BCUT2D eigenvalue weighted by molar-refractivity contribution is 0.0687. The Labute approximate surface area is 145 Å². The highest BCUT2D eigenvalue weighted by Gasteiger charge is 2.39. The van der Waals surface area contributed by atoms with Gasteiger partial charge in [0.25, 0.3) is 5.91 Å². The van der Waals surface area contributed by atoms with Crippen molar-refractivity contribution in [1.29, 1.82) is 0 Å². The Morgan fingerprint density at radius 1 is 1.52 bits per heavy atom. The molecule has 0 bridgehead atoms. The molecule has 8 heteroatoms. The summed E-state index contributed by atoms with van der Waals surface area (Å²) in [6, 6.07) is 2.90. The number of β-amino-alcohol motifs (C(OH)–C–C–N with tert-alkyl or cyclic N) is 1. The monoisotopic (exact) mass is 346 g/mol. The van der Waals surface area contributed by atoms with Gasteiger partial charge in [0.05, 0.1) is 12.7 Å². The number of nitrogens with zero attached hydrogens (tertiary/aromatic N) is 4. The van der Waals surface area contributed by atoms with Crippen LogP contribution in [-0.2, 0) is 0 Å². The van der Waals surface area contributed by atoms with Crippen molar-refractivity contribution in [3.05, 3.63) is 35.6 Å². The fourth-order valence-electron chi connectivity index (χ4n) is 2.79. The Kier molecular flexibility index (Phi) is 4.98. The van der Waals surface area contributed by atoms with E-state index in [-0.39, 0.29) is 12.5 Å². The molecule has 1 aliphatic rings. The molecule has 0 unspecified atom stereocenters. The van der Waals surface area contributed by atoms with Gasteiger partial charge in [-0.1, -0.05) is 19.0 Å². The van der Waals surface area contributed by atoms with Gasteiger partial charge in [0.15, 0.2) is 5.82 Å². The van der Waals surface area contributed by atoms with Gasteiger partial charge in [-0.15, -0.1) is 0 Å². The summed E-state index contributed by atoms with van der Waals surface area (Å²) in [5.74, 6) is 1.15. The van der Waals surface area contributed by atoms with Crippen molar-refractivity contribution in [3.8, 4) is 5.88 Å². The van der Waals surface area contributed by atoms with Crippen LogP contribution in [0.15, 0.2) is 22.9 Å². The SMILES string of the molecule is Cc1noc([C@H]2C[C@@H](O)CN2C(=O)c2cccnc2OCC(C)C)n1. The Balaban J connectivity index is 1.86. The van der Waals surface area contributed by atoms with Gasteiger partial charge in [-0.25, -0.2) is 4.98 Å². The minimum absolute atomic E-state index is 0.198. The standard InChI is InChI=1S/C17H22N4O4/c1-10(2)9-24-15-13(5-4-6-18-15)17(23)21-8-12(22)7-14(21)16-19-11(3)20-25-16/h4-6,10,12,14,22H,7-9H2,1-3H3/t12-,14-/m1/s1. The highest BCUT2D eigenvalue weighted by Crippen LogP contribution is 2.33. The van der Waals surface area contributed by atoms with E-state index in [1.165, 1.54) is 4.90 Å². The van der Waals surface area contributed by atoms with E-state index in [2.05, 4.69) is 15.1 Å². The number of hydrogen-bond donors (Lipinski definition) is 1. The molecule has 0 aromatic carbocycles. The highest BCUT2D eigenvalue weighted by atomic mass is 16.5. The molecule has 0 aliphatic carbocycles. The van der Waals surface area contributed by atoms with E-state index in [0.717, 1.165) is 0 Å². The fraction of sp³-hybridized carbons (Fsp3) is 0.529. The number of ether oxygens (including phenoxy) is 1. The van der Waals surface area contributed by atoms with Gasteiger partial charge in [-0.3, -0.25) is 4.79 Å². The van der Waals surface area contributed by atoms with Crippen LogP contribution in [0, 0.1) is 12.8 Å². The number of aliphatic hydroxyl groups excluding tert-OH is 1. The van der Waals surface area contributed by atoms with Gasteiger partial charge in [0.1, 0.15) is 11.6 Å². The second-order valence-corrected chi connectivity index (χ2v) is 6.60. The first-order chi connectivity index (χ1) is 12.0. The fourth-order valence-corrected chi connectivity index (χ4v) is 2.79. The molecule has 1 amide bonds. The number of likely N-dealkylation sites (tertiary alicyclic amines) is 1. The maximum absolute atomic E-state index is 13.1. The average molecular weight is 346 g/mol. The number of carbonyl (C=O) groups is 1. The van der Waals surface area contributed by atoms with Crippen LogP contribution in [-0.4, -0.2) is 50.3 Å². The number of aryl methyl sites for hydroxylation is 1. The third-order valence-corrected chi connectivity index (χ3v) is 3.92. The van der Waals surface area contributed by atoms with Gasteiger partial charge in [-0.05, 0) is 25.0 Å². The molecule has 2 aromatic heterocycles. The van der Waals surface area contributed by atoms with Crippen molar-refractivity contribution < 1.29 is 19.2 Å². The molecule has 25 heavy (non-hydrogen) atoms. The summed E-state index contributed by atoms with van der Waals surface area (Å²) in [6.07, 6.45) is 1.30. The van der Waals surface area contributed by atoms with Gasteiger partial charge < -0.3 is 19.3 Å². The zero-order chi connectivity index (χ0) is 18.0. The number of carbonyl (C=O) groups excluding carboxylic acids is 1. The minimum atomic E-state index is -0.641. The smallest absolute Gasteiger partial charge is 0.260 e. The molecule has 0 saturated carbocycles. The molecule has 3 heterocycles. The predicted molar refractivity (Wildman–Crippen MR) is 88.0 cm³/mol. The molecule has 1 N–H and O–H groups in total. The van der Waals surface area contributed by atoms with Crippen LogP contribution in [0.5, 0.6) is 5.88 Å². The third-order valence-electron chi connectivity index (χ3n) is 3.92. The molecule has 8 nitrogen and oxygen atoms in total. The molecular formula is C17H22N4O4. The van der Waals surface area contributed by atoms with Crippen molar-refractivity contribution in [1.82, 2.24) is 20.0 Å². The van der Waals surface area contributed by atoms with Crippen LogP contribution in [0.3, 0.4) is 0 Å². The summed E-state index contributed by atoms with van der Waals surface area (Å²) >= 11 is 0. The van der Waals surface area contributed by atoms with E-state index < -0.39 is 12.1 Å². The van der Waals surface area contributed by atoms with Crippen molar-refractivity contribution in [2.24, 2.45) is 5.92 Å². The van der Waals surface area contributed by atoms with E-state index in [1.807, 2.05) is 13.8 Å². The van der Waals surface area contributed by atoms with Crippen LogP contribution < -0.4 is 4.74 Å². The summed E-state index contributed by atoms with van der Waals surface area (Å²) in [5, 5.41) is 13.8. The van der Waals surface area contributed by atoms with Crippen molar-refractivity contribution in [3.63, 3.8) is 0 Å². The highest BCUT2D eigenvalue weighted by molar-refractivity contribution is 5.96. The van der Waals surface area contributed by atoms with E-state index in [4.69, 9.17) is 9.26 Å². The zero-order valence-electron chi connectivity index (χ0n) is 14.5. The van der Waals surface area contributed by atoms with Gasteiger partial charge in [0, 0.05) is 19.2 Å². The van der Waals surface area contributed by atoms with Gasteiger partial charge >= 0.3 is 0 Å². The quantitative estimate of drug-likeness (QED) is 0.880. The molecule has 1 fully saturated rings. The summed E-state index contributed by atoms with van der Waals surface area (Å²) in [6.45, 7) is 6.42. The predicted octanol–water partition coefficient (Wildman–Crippen LogP) is 1.76. The first-order valence-electron chi connectivity index (χ1n) is 8.32. The lowest BCUT2D eigenvalue weighted by atomic mass is 10.1. The summed E-state index contributed by atoms with van der Waals surface area (Å²) in [4.78, 5) is 23.0. The second kappa shape index (κ2) is 7.18. The maximum Gasteiger partial charge on any atom is 0.260 e. The molecule has 0 radical (unpaired) electrons. The summed E-state index contributed by atoms with van der Waals surface area (Å²) in [5.41, 5.74) is 0.360. The Hall–Kier alpha value is -2.48. The number of hydrogen-bond acceptors (Lipinski definition) is 7. The lowest BCUT2D eigenvalue weighted by Crippen LogP contribution is -2.32. The first kappa shape index (κ1) is 17.3. The third kappa shape index (κ3) is 3.79. The zero-order valence-corrected chi connectivity index (χ0v) is 14.5. The first-order valence-corrected chi connectivity index (χ1v) is 8.32. The van der Waals surface area contributed by atoms with Crippen molar-refractivity contribution in [2.75, 3.05) is 13.2 Å². The van der Waals surface area contributed by atoms with E-state index in [1.54, 1.807) is 25.3 Å². The van der Waals surface area contributed by atoms with Crippen LogP contribution >= 0.6 is 0 Å². The van der Waals surface area contributed by atoms with Gasteiger partial charge in [0.2, 0.25) is 11.8 Å². The van der Waals surface area contributed by atoms with Crippen molar-refractivity contribution >= 4 is 5.91 Å². The van der Waals surface area contributed by atoms with Crippen molar-refractivity contribution in [2.45, 2.75) is 39.3 Å². The van der Waals surface area contributed by atoms with E-state index >= 15 is 0 Å². The number of amides is 1. The van der Waals surface area contributed by atoms with Crippen LogP contribution in [0.1, 0.15) is 48.4 Å². The van der Waals surface area contributed by atoms with Crippen LogP contribution in [0.2, 0.25) is 0 Å². The Morgan fingerprint density at radius 2 is 2.32 bits per heavy atom. The molecule has 1 aliphatic heterocycles. The molecule has 1 saturated heterocycles. The summed E-state index contributed by atoms with van der Waals surface area (Å²) in [7, 11) is 0. The largest absolute Gasteiger partial charge is 0.477 e. The summed E-state index contributed by atoms with van der Waals surface area (Å²) < 4.78 is 10.9. The molecule has 3 rings (SSSR count). The molecule has 134 valence electrons. The van der Waals surface area contributed by atoms with Gasteiger partial charge in [-0.2, -0.15) is 4.98 Å². The average Bonchev–Trinajstić information content (AvgIpc) is 3.18. The number of aliphatic hydroxyl groups is 1. The second-order valence-electron chi connectivity index (χ2n) is 6.60. The Bertz CT molecular complexity index is 746. The van der Waals surface area contributed by atoms with Crippen LogP contribution in [0.25, 0.3) is 0 Å².